The largest absolute Gasteiger partial charge is 0.493 e. The highest BCUT2D eigenvalue weighted by Crippen LogP contribution is 2.26. The number of rotatable bonds is 8. The lowest BCUT2D eigenvalue weighted by molar-refractivity contribution is -0.121. The number of carbonyl (C=O) groups is 2. The van der Waals surface area contributed by atoms with E-state index in [0.29, 0.717) is 37.6 Å². The van der Waals surface area contributed by atoms with Gasteiger partial charge in [0.05, 0.1) is 6.61 Å². The molecule has 2 fully saturated rings. The summed E-state index contributed by atoms with van der Waals surface area (Å²) in [5.74, 6) is 0.727. The van der Waals surface area contributed by atoms with E-state index in [1.165, 1.54) is 0 Å². The van der Waals surface area contributed by atoms with Crippen molar-refractivity contribution in [1.82, 2.24) is 9.80 Å². The summed E-state index contributed by atoms with van der Waals surface area (Å²) < 4.78 is 19.9. The van der Waals surface area contributed by atoms with Crippen LogP contribution in [0, 0.1) is 5.92 Å². The molecule has 188 valence electrons. The van der Waals surface area contributed by atoms with Gasteiger partial charge in [0.25, 0.3) is 5.91 Å². The summed E-state index contributed by atoms with van der Waals surface area (Å²) >= 11 is 0. The molecule has 2 aromatic rings. The van der Waals surface area contributed by atoms with Gasteiger partial charge in [-0.25, -0.2) is 4.39 Å². The lowest BCUT2D eigenvalue weighted by atomic mass is 9.97. The molecule has 0 spiro atoms. The van der Waals surface area contributed by atoms with Crippen molar-refractivity contribution >= 4 is 11.8 Å². The molecule has 2 N–H and O–H groups in total. The van der Waals surface area contributed by atoms with Crippen LogP contribution >= 0.6 is 0 Å². The molecule has 6 nitrogen and oxygen atoms in total. The normalized spacial score (nSPS) is 19.6. The minimum absolute atomic E-state index is 0.152. The number of halogens is 1. The molecule has 2 saturated heterocycles. The second kappa shape index (κ2) is 10.8. The minimum Gasteiger partial charge on any atom is -0.493 e. The number of carbonyl (C=O) groups excluding carboxylic acids is 2. The molecule has 0 unspecified atom stereocenters. The van der Waals surface area contributed by atoms with Gasteiger partial charge in [-0.3, -0.25) is 9.59 Å². The number of ether oxygens (including phenoxy) is 1. The van der Waals surface area contributed by atoms with E-state index in [0.717, 1.165) is 49.2 Å². The van der Waals surface area contributed by atoms with Crippen LogP contribution in [0.15, 0.2) is 48.5 Å². The maximum Gasteiger partial charge on any atom is 0.254 e. The molecule has 2 aromatic carbocycles. The Morgan fingerprint density at radius 2 is 1.57 bits per heavy atom. The van der Waals surface area contributed by atoms with Gasteiger partial charge in [-0.1, -0.05) is 24.3 Å². The Bertz CT molecular complexity index is 1010. The van der Waals surface area contributed by atoms with Gasteiger partial charge in [0, 0.05) is 18.7 Å². The van der Waals surface area contributed by atoms with Gasteiger partial charge in [-0.05, 0) is 93.9 Å². The maximum absolute atomic E-state index is 13.9. The van der Waals surface area contributed by atoms with Crippen LogP contribution in [-0.4, -0.2) is 66.1 Å². The standard InChI is InChI=1S/C28H36FN3O3/c1-28(2,29)19-31-16-13-20(14-17-31)18-35-24-11-9-22(10-12-24)21-5-7-23(8-6-21)27(34)32-15-3-4-25(32)26(30)33/h5-12,20,25H,3-4,13-19H2,1-2H3,(H2,30,33)/t25-/m0/s1. The van der Waals surface area contributed by atoms with Crippen molar-refractivity contribution in [2.75, 3.05) is 32.8 Å². The number of benzene rings is 2. The van der Waals surface area contributed by atoms with Crippen LogP contribution in [0.4, 0.5) is 4.39 Å². The molecule has 0 radical (unpaired) electrons. The van der Waals surface area contributed by atoms with Crippen molar-refractivity contribution in [1.29, 1.82) is 0 Å². The maximum atomic E-state index is 13.9. The predicted molar refractivity (Wildman–Crippen MR) is 135 cm³/mol. The third-order valence-electron chi connectivity index (χ3n) is 6.95. The number of hydrogen-bond donors (Lipinski definition) is 1. The van der Waals surface area contributed by atoms with Crippen LogP contribution in [-0.2, 0) is 4.79 Å². The predicted octanol–water partition coefficient (Wildman–Crippen LogP) is 4.28. The van der Waals surface area contributed by atoms with Gasteiger partial charge in [0.1, 0.15) is 17.5 Å². The average molecular weight is 482 g/mol. The summed E-state index contributed by atoms with van der Waals surface area (Å²) in [5.41, 5.74) is 6.90. The highest BCUT2D eigenvalue weighted by Gasteiger charge is 2.33. The van der Waals surface area contributed by atoms with E-state index < -0.39 is 17.6 Å². The van der Waals surface area contributed by atoms with E-state index in [4.69, 9.17) is 10.5 Å². The first kappa shape index (κ1) is 25.2. The molecule has 2 aliphatic heterocycles. The third kappa shape index (κ3) is 6.60. The number of hydrogen-bond acceptors (Lipinski definition) is 4. The van der Waals surface area contributed by atoms with Crippen molar-refractivity contribution in [2.45, 2.75) is 51.2 Å². The zero-order valence-corrected chi connectivity index (χ0v) is 20.7. The molecule has 4 rings (SSSR count). The number of primary amides is 1. The number of nitrogens with two attached hydrogens (primary N) is 1. The van der Waals surface area contributed by atoms with E-state index in [1.807, 2.05) is 36.4 Å². The third-order valence-corrected chi connectivity index (χ3v) is 6.95. The molecule has 7 heteroatoms. The Morgan fingerprint density at radius 1 is 0.971 bits per heavy atom. The minimum atomic E-state index is -1.15. The van der Waals surface area contributed by atoms with Gasteiger partial charge in [0.2, 0.25) is 5.91 Å². The number of nitrogens with zero attached hydrogens (tertiary/aromatic N) is 2. The highest BCUT2D eigenvalue weighted by atomic mass is 19.1. The molecule has 35 heavy (non-hydrogen) atoms. The van der Waals surface area contributed by atoms with Crippen LogP contribution in [0.3, 0.4) is 0 Å². The summed E-state index contributed by atoms with van der Waals surface area (Å²) in [6.07, 6.45) is 3.47. The molecule has 0 aliphatic carbocycles. The van der Waals surface area contributed by atoms with Gasteiger partial charge >= 0.3 is 0 Å². The summed E-state index contributed by atoms with van der Waals surface area (Å²) in [6.45, 7) is 6.82. The Labute approximate surface area is 207 Å². The molecular weight excluding hydrogens is 445 g/mol. The zero-order valence-electron chi connectivity index (χ0n) is 20.7. The van der Waals surface area contributed by atoms with Crippen molar-refractivity contribution in [2.24, 2.45) is 11.7 Å². The first-order valence-corrected chi connectivity index (χ1v) is 12.5. The Hall–Kier alpha value is -2.93. The summed E-state index contributed by atoms with van der Waals surface area (Å²) in [6, 6.07) is 14.9. The molecule has 0 bridgehead atoms. The van der Waals surface area contributed by atoms with Crippen molar-refractivity contribution < 1.29 is 18.7 Å². The van der Waals surface area contributed by atoms with Crippen LogP contribution in [0.1, 0.15) is 49.9 Å². The smallest absolute Gasteiger partial charge is 0.254 e. The summed E-state index contributed by atoms with van der Waals surface area (Å²) in [7, 11) is 0. The molecule has 0 aromatic heterocycles. The highest BCUT2D eigenvalue weighted by molar-refractivity contribution is 5.98. The first-order valence-electron chi connectivity index (χ1n) is 12.5. The monoisotopic (exact) mass is 481 g/mol. The van der Waals surface area contributed by atoms with Crippen LogP contribution in [0.2, 0.25) is 0 Å². The number of piperidine rings is 1. The fourth-order valence-electron chi connectivity index (χ4n) is 5.08. The van der Waals surface area contributed by atoms with E-state index in [-0.39, 0.29) is 5.91 Å². The van der Waals surface area contributed by atoms with Crippen molar-refractivity contribution in [3.8, 4) is 16.9 Å². The second-order valence-corrected chi connectivity index (χ2v) is 10.4. The fraction of sp³-hybridized carbons (Fsp3) is 0.500. The van der Waals surface area contributed by atoms with Crippen LogP contribution in [0.25, 0.3) is 11.1 Å². The van der Waals surface area contributed by atoms with E-state index in [2.05, 4.69) is 4.90 Å². The van der Waals surface area contributed by atoms with Crippen molar-refractivity contribution in [3.63, 3.8) is 0 Å². The molecule has 2 amide bonds. The van der Waals surface area contributed by atoms with E-state index in [9.17, 15) is 14.0 Å². The number of alkyl halides is 1. The molecule has 1 atom stereocenters. The van der Waals surface area contributed by atoms with Gasteiger partial charge in [0.15, 0.2) is 0 Å². The SMILES string of the molecule is CC(C)(F)CN1CCC(COc2ccc(-c3ccc(C(=O)N4CCC[C@H]4C(N)=O)cc3)cc2)CC1. The Balaban J connectivity index is 1.28. The Kier molecular flexibility index (Phi) is 7.75. The fourth-order valence-corrected chi connectivity index (χ4v) is 5.08. The zero-order chi connectivity index (χ0) is 25.0. The van der Waals surface area contributed by atoms with Crippen LogP contribution in [0.5, 0.6) is 5.75 Å². The lowest BCUT2D eigenvalue weighted by Crippen LogP contribution is -2.43. The number of likely N-dealkylation sites (tertiary alicyclic amines) is 2. The Morgan fingerprint density at radius 3 is 2.14 bits per heavy atom. The summed E-state index contributed by atoms with van der Waals surface area (Å²) in [4.78, 5) is 28.2. The lowest BCUT2D eigenvalue weighted by Gasteiger charge is -2.34. The quantitative estimate of drug-likeness (QED) is 0.611. The van der Waals surface area contributed by atoms with Crippen LogP contribution < -0.4 is 10.5 Å². The summed E-state index contributed by atoms with van der Waals surface area (Å²) in [5, 5.41) is 0. The molecule has 2 heterocycles. The van der Waals surface area contributed by atoms with Gasteiger partial charge < -0.3 is 20.3 Å². The molecule has 2 aliphatic rings. The average Bonchev–Trinajstić information content (AvgIpc) is 3.33. The van der Waals surface area contributed by atoms with E-state index >= 15 is 0 Å². The van der Waals surface area contributed by atoms with Crippen molar-refractivity contribution in [3.05, 3.63) is 54.1 Å². The molecular formula is C28H36FN3O3. The topological polar surface area (TPSA) is 75.9 Å². The first-order chi connectivity index (χ1) is 16.7. The second-order valence-electron chi connectivity index (χ2n) is 10.4. The molecule has 0 saturated carbocycles. The van der Waals surface area contributed by atoms with Gasteiger partial charge in [-0.15, -0.1) is 0 Å². The number of amides is 2. The van der Waals surface area contributed by atoms with Gasteiger partial charge in [-0.2, -0.15) is 0 Å². The van der Waals surface area contributed by atoms with E-state index in [1.54, 1.807) is 30.9 Å².